The molecule has 3 heteroatoms. The smallest absolute Gasteiger partial charge is 0.134 e. The van der Waals surface area contributed by atoms with E-state index in [1.54, 1.807) is 0 Å². The highest BCUT2D eigenvalue weighted by molar-refractivity contribution is 5.80. The first-order valence-electron chi connectivity index (χ1n) is 7.02. The number of rotatable bonds is 7. The van der Waals surface area contributed by atoms with E-state index in [9.17, 15) is 0 Å². The molecule has 1 aromatic heterocycles. The van der Waals surface area contributed by atoms with Gasteiger partial charge >= 0.3 is 0 Å². The normalized spacial score (nSPS) is 13.3. The van der Waals surface area contributed by atoms with Crippen molar-refractivity contribution in [1.82, 2.24) is 10.2 Å². The summed E-state index contributed by atoms with van der Waals surface area (Å²) < 4.78 is 5.59. The molecule has 0 aliphatic heterocycles. The largest absolute Gasteiger partial charge is 0.464 e. The molecule has 2 rings (SSSR count). The Kier molecular flexibility index (Phi) is 5.00. The monoisotopic (exact) mass is 260 g/mol. The molecular weight excluding hydrogens is 236 g/mol. The average Bonchev–Trinajstić information content (AvgIpc) is 2.82. The lowest BCUT2D eigenvalue weighted by molar-refractivity contribution is 0.261. The minimum Gasteiger partial charge on any atom is -0.464 e. The first-order chi connectivity index (χ1) is 9.24. The van der Waals surface area contributed by atoms with E-state index < -0.39 is 0 Å². The summed E-state index contributed by atoms with van der Waals surface area (Å²) in [7, 11) is 4.20. The first kappa shape index (κ1) is 14.1. The Labute approximate surface area is 115 Å². The van der Waals surface area contributed by atoms with Gasteiger partial charge in [0.25, 0.3) is 0 Å². The van der Waals surface area contributed by atoms with Gasteiger partial charge in [0.1, 0.15) is 5.58 Å². The number of hydrogen-bond donors (Lipinski definition) is 1. The van der Waals surface area contributed by atoms with Crippen molar-refractivity contribution in [3.63, 3.8) is 0 Å². The maximum atomic E-state index is 5.59. The zero-order chi connectivity index (χ0) is 13.7. The van der Waals surface area contributed by atoms with E-state index in [-0.39, 0.29) is 0 Å². The van der Waals surface area contributed by atoms with Crippen LogP contribution in [0.15, 0.2) is 34.9 Å². The van der Waals surface area contributed by atoms with Crippen molar-refractivity contribution in [1.29, 1.82) is 0 Å². The van der Waals surface area contributed by atoms with Gasteiger partial charge < -0.3 is 14.6 Å². The number of nitrogens with zero attached hydrogens (tertiary/aromatic N) is 1. The number of furan rings is 1. The number of para-hydroxylation sites is 1. The van der Waals surface area contributed by atoms with Crippen LogP contribution in [0.3, 0.4) is 0 Å². The molecule has 0 fully saturated rings. The highest BCUT2D eigenvalue weighted by Gasteiger charge is 2.12. The van der Waals surface area contributed by atoms with E-state index in [4.69, 9.17) is 4.42 Å². The van der Waals surface area contributed by atoms with Gasteiger partial charge in [-0.2, -0.15) is 0 Å². The van der Waals surface area contributed by atoms with Crippen molar-refractivity contribution in [2.45, 2.75) is 19.9 Å². The summed E-state index contributed by atoms with van der Waals surface area (Å²) in [6.07, 6.45) is 3.09. The third-order valence-corrected chi connectivity index (χ3v) is 3.64. The molecule has 0 bridgehead atoms. The molecular formula is C16H24N2O. The van der Waals surface area contributed by atoms with Crippen molar-refractivity contribution in [3.8, 4) is 0 Å². The molecule has 1 unspecified atom stereocenters. The Balaban J connectivity index is 2.00. The molecule has 0 amide bonds. The SMILES string of the molecule is CCC(CNC)CN(C)Cc1coc2ccccc12. The van der Waals surface area contributed by atoms with Crippen LogP contribution in [0.5, 0.6) is 0 Å². The molecule has 0 aliphatic carbocycles. The Hall–Kier alpha value is -1.32. The minimum atomic E-state index is 0.702. The second-order valence-electron chi connectivity index (χ2n) is 5.29. The van der Waals surface area contributed by atoms with E-state index in [0.717, 1.165) is 25.2 Å². The molecule has 19 heavy (non-hydrogen) atoms. The molecule has 104 valence electrons. The molecule has 0 aliphatic rings. The number of hydrogen-bond acceptors (Lipinski definition) is 3. The van der Waals surface area contributed by atoms with Crippen molar-refractivity contribution < 1.29 is 4.42 Å². The predicted molar refractivity (Wildman–Crippen MR) is 80.3 cm³/mol. The average molecular weight is 260 g/mol. The second kappa shape index (κ2) is 6.73. The first-order valence-corrected chi connectivity index (χ1v) is 7.02. The van der Waals surface area contributed by atoms with Crippen LogP contribution in [-0.4, -0.2) is 32.1 Å². The molecule has 3 nitrogen and oxygen atoms in total. The van der Waals surface area contributed by atoms with Gasteiger partial charge in [-0.05, 0) is 32.6 Å². The summed E-state index contributed by atoms with van der Waals surface area (Å²) >= 11 is 0. The highest BCUT2D eigenvalue weighted by Crippen LogP contribution is 2.22. The van der Waals surface area contributed by atoms with Crippen LogP contribution in [0.4, 0.5) is 0 Å². The van der Waals surface area contributed by atoms with E-state index >= 15 is 0 Å². The molecule has 0 radical (unpaired) electrons. The molecule has 0 saturated heterocycles. The third-order valence-electron chi connectivity index (χ3n) is 3.64. The van der Waals surface area contributed by atoms with Crippen LogP contribution in [0, 0.1) is 5.92 Å². The predicted octanol–water partition coefficient (Wildman–Crippen LogP) is 3.11. The van der Waals surface area contributed by atoms with Gasteiger partial charge in [0.15, 0.2) is 0 Å². The highest BCUT2D eigenvalue weighted by atomic mass is 16.3. The lowest BCUT2D eigenvalue weighted by atomic mass is 10.1. The van der Waals surface area contributed by atoms with Gasteiger partial charge in [-0.15, -0.1) is 0 Å². The van der Waals surface area contributed by atoms with Gasteiger partial charge in [-0.3, -0.25) is 0 Å². The molecule has 1 N–H and O–H groups in total. The van der Waals surface area contributed by atoms with E-state index in [0.29, 0.717) is 5.92 Å². The van der Waals surface area contributed by atoms with Gasteiger partial charge in [0.05, 0.1) is 6.26 Å². The second-order valence-corrected chi connectivity index (χ2v) is 5.29. The molecule has 1 atom stereocenters. The fraction of sp³-hybridized carbons (Fsp3) is 0.500. The van der Waals surface area contributed by atoms with Crippen LogP contribution < -0.4 is 5.32 Å². The van der Waals surface area contributed by atoms with E-state index in [1.807, 2.05) is 25.4 Å². The Morgan fingerprint density at radius 2 is 2.11 bits per heavy atom. The Morgan fingerprint density at radius 3 is 2.84 bits per heavy atom. The van der Waals surface area contributed by atoms with E-state index in [1.165, 1.54) is 17.4 Å². The van der Waals surface area contributed by atoms with Crippen molar-refractivity contribution in [2.75, 3.05) is 27.2 Å². The lowest BCUT2D eigenvalue weighted by Gasteiger charge is -2.22. The number of fused-ring (bicyclic) bond motifs is 1. The molecule has 1 aromatic carbocycles. The van der Waals surface area contributed by atoms with Crippen molar-refractivity contribution in [3.05, 3.63) is 36.1 Å². The van der Waals surface area contributed by atoms with Crippen molar-refractivity contribution >= 4 is 11.0 Å². The van der Waals surface area contributed by atoms with E-state index in [2.05, 4.69) is 36.3 Å². The zero-order valence-corrected chi connectivity index (χ0v) is 12.1. The summed E-state index contributed by atoms with van der Waals surface area (Å²) in [5.41, 5.74) is 2.26. The summed E-state index contributed by atoms with van der Waals surface area (Å²) in [6.45, 7) is 5.38. The zero-order valence-electron chi connectivity index (χ0n) is 12.1. The summed E-state index contributed by atoms with van der Waals surface area (Å²) in [4.78, 5) is 2.38. The molecule has 1 heterocycles. The molecule has 0 spiro atoms. The van der Waals surface area contributed by atoms with Gasteiger partial charge in [0.2, 0.25) is 0 Å². The van der Waals surface area contributed by atoms with Gasteiger partial charge in [0, 0.05) is 24.0 Å². The van der Waals surface area contributed by atoms with Crippen LogP contribution in [0.25, 0.3) is 11.0 Å². The van der Waals surface area contributed by atoms with Crippen LogP contribution in [0.2, 0.25) is 0 Å². The summed E-state index contributed by atoms with van der Waals surface area (Å²) in [5.74, 6) is 0.702. The Morgan fingerprint density at radius 1 is 1.32 bits per heavy atom. The molecule has 2 aromatic rings. The topological polar surface area (TPSA) is 28.4 Å². The fourth-order valence-electron chi connectivity index (χ4n) is 2.58. The van der Waals surface area contributed by atoms with Crippen LogP contribution in [-0.2, 0) is 6.54 Å². The van der Waals surface area contributed by atoms with Gasteiger partial charge in [-0.1, -0.05) is 31.5 Å². The fourth-order valence-corrected chi connectivity index (χ4v) is 2.58. The van der Waals surface area contributed by atoms with Crippen LogP contribution >= 0.6 is 0 Å². The van der Waals surface area contributed by atoms with Crippen LogP contribution in [0.1, 0.15) is 18.9 Å². The van der Waals surface area contributed by atoms with Gasteiger partial charge in [-0.25, -0.2) is 0 Å². The quantitative estimate of drug-likeness (QED) is 0.829. The minimum absolute atomic E-state index is 0.702. The maximum Gasteiger partial charge on any atom is 0.134 e. The van der Waals surface area contributed by atoms with Crippen molar-refractivity contribution in [2.24, 2.45) is 5.92 Å². The summed E-state index contributed by atoms with van der Waals surface area (Å²) in [6, 6.07) is 8.23. The standard InChI is InChI=1S/C16H24N2O/c1-4-13(9-17-2)10-18(3)11-14-12-19-16-8-6-5-7-15(14)16/h5-8,12-13,17H,4,9-11H2,1-3H3. The summed E-state index contributed by atoms with van der Waals surface area (Å²) in [5, 5.41) is 4.50. The number of benzene rings is 1. The number of nitrogens with one attached hydrogen (secondary N) is 1. The third kappa shape index (κ3) is 3.58. The lowest BCUT2D eigenvalue weighted by Crippen LogP contribution is -2.30. The maximum absolute atomic E-state index is 5.59. The Bertz CT molecular complexity index is 506. The molecule has 0 saturated carbocycles.